The molecule has 2 aliphatic rings. The van der Waals surface area contributed by atoms with E-state index < -0.39 is 0 Å². The molecule has 25 heavy (non-hydrogen) atoms. The molecule has 2 atom stereocenters. The van der Waals surface area contributed by atoms with Crippen LogP contribution in [-0.2, 0) is 0 Å². The number of carbonyl (C=O) groups is 1. The normalized spacial score (nSPS) is 22.2. The van der Waals surface area contributed by atoms with Gasteiger partial charge in [0.15, 0.2) is 29.3 Å². The molecule has 1 saturated heterocycles. The highest BCUT2D eigenvalue weighted by Gasteiger charge is 2.34. The van der Waals surface area contributed by atoms with Crippen LogP contribution in [0, 0.1) is 5.92 Å². The number of likely N-dealkylation sites (tertiary alicyclic amines) is 1. The minimum Gasteiger partial charge on any atom is -0.486 e. The molecule has 3 heterocycles. The van der Waals surface area contributed by atoms with Gasteiger partial charge in [-0.15, -0.1) is 0 Å². The van der Waals surface area contributed by atoms with Crippen molar-refractivity contribution in [3.8, 4) is 22.8 Å². The number of hydrogen-bond acceptors (Lipinski definition) is 6. The SMILES string of the molecule is CC1CC(CN)CN1C(=O)c1ncoc1-c1ccc2c(c1)OCCO2. The van der Waals surface area contributed by atoms with Crippen molar-refractivity contribution in [3.05, 3.63) is 30.3 Å². The summed E-state index contributed by atoms with van der Waals surface area (Å²) in [5, 5.41) is 0. The summed E-state index contributed by atoms with van der Waals surface area (Å²) in [6.07, 6.45) is 2.22. The Morgan fingerprint density at radius 2 is 2.12 bits per heavy atom. The van der Waals surface area contributed by atoms with Crippen LogP contribution in [0.3, 0.4) is 0 Å². The molecular formula is C18H21N3O4. The van der Waals surface area contributed by atoms with E-state index in [1.54, 1.807) is 0 Å². The van der Waals surface area contributed by atoms with E-state index in [0.29, 0.717) is 55.2 Å². The number of fused-ring (bicyclic) bond motifs is 1. The second-order valence-corrected chi connectivity index (χ2v) is 6.53. The molecule has 1 fully saturated rings. The zero-order valence-corrected chi connectivity index (χ0v) is 14.1. The minimum atomic E-state index is -0.123. The van der Waals surface area contributed by atoms with E-state index in [-0.39, 0.29) is 11.9 Å². The van der Waals surface area contributed by atoms with Crippen molar-refractivity contribution in [2.45, 2.75) is 19.4 Å². The second kappa shape index (κ2) is 6.40. The van der Waals surface area contributed by atoms with Crippen molar-refractivity contribution in [1.29, 1.82) is 0 Å². The summed E-state index contributed by atoms with van der Waals surface area (Å²) in [4.78, 5) is 19.0. The average molecular weight is 343 g/mol. The Morgan fingerprint density at radius 3 is 2.88 bits per heavy atom. The third kappa shape index (κ3) is 2.84. The van der Waals surface area contributed by atoms with E-state index in [9.17, 15) is 4.79 Å². The molecule has 2 aromatic rings. The summed E-state index contributed by atoms with van der Waals surface area (Å²) in [5.74, 6) is 2.01. The van der Waals surface area contributed by atoms with Crippen molar-refractivity contribution in [1.82, 2.24) is 9.88 Å². The lowest BCUT2D eigenvalue weighted by atomic mass is 10.1. The Kier molecular flexibility index (Phi) is 4.09. The summed E-state index contributed by atoms with van der Waals surface area (Å²) in [5.41, 5.74) is 6.83. The highest BCUT2D eigenvalue weighted by atomic mass is 16.6. The van der Waals surface area contributed by atoms with E-state index in [4.69, 9.17) is 19.6 Å². The molecule has 0 saturated carbocycles. The van der Waals surface area contributed by atoms with Crippen LogP contribution in [-0.4, -0.2) is 48.1 Å². The largest absolute Gasteiger partial charge is 0.486 e. The van der Waals surface area contributed by atoms with E-state index in [1.807, 2.05) is 30.0 Å². The highest BCUT2D eigenvalue weighted by Crippen LogP contribution is 2.36. The molecule has 1 aromatic heterocycles. The first-order chi connectivity index (χ1) is 12.2. The summed E-state index contributed by atoms with van der Waals surface area (Å²) >= 11 is 0. The van der Waals surface area contributed by atoms with Gasteiger partial charge in [-0.25, -0.2) is 4.98 Å². The van der Waals surface area contributed by atoms with Gasteiger partial charge in [0.2, 0.25) is 0 Å². The Labute approximate surface area is 145 Å². The van der Waals surface area contributed by atoms with Crippen LogP contribution in [0.1, 0.15) is 23.8 Å². The van der Waals surface area contributed by atoms with Crippen molar-refractivity contribution < 1.29 is 18.7 Å². The van der Waals surface area contributed by atoms with Gasteiger partial charge in [-0.3, -0.25) is 4.79 Å². The molecule has 2 unspecified atom stereocenters. The molecule has 132 valence electrons. The molecule has 7 heteroatoms. The fourth-order valence-corrected chi connectivity index (χ4v) is 3.52. The molecule has 0 radical (unpaired) electrons. The van der Waals surface area contributed by atoms with Crippen molar-refractivity contribution >= 4 is 5.91 Å². The van der Waals surface area contributed by atoms with Crippen LogP contribution in [0.2, 0.25) is 0 Å². The standard InChI is InChI=1S/C18H21N3O4/c1-11-6-12(8-19)9-21(11)18(22)16-17(25-10-20-16)13-2-3-14-15(7-13)24-5-4-23-14/h2-3,7,10-12H,4-6,8-9,19H2,1H3. The van der Waals surface area contributed by atoms with E-state index in [2.05, 4.69) is 4.98 Å². The minimum absolute atomic E-state index is 0.123. The maximum atomic E-state index is 13.0. The van der Waals surface area contributed by atoms with E-state index in [0.717, 1.165) is 12.0 Å². The molecule has 2 N–H and O–H groups in total. The van der Waals surface area contributed by atoms with Crippen LogP contribution >= 0.6 is 0 Å². The van der Waals surface area contributed by atoms with Crippen molar-refractivity contribution in [3.63, 3.8) is 0 Å². The van der Waals surface area contributed by atoms with Gasteiger partial charge in [0.1, 0.15) is 13.2 Å². The molecule has 0 spiro atoms. The summed E-state index contributed by atoms with van der Waals surface area (Å²) in [6, 6.07) is 5.64. The lowest BCUT2D eigenvalue weighted by Gasteiger charge is -2.21. The maximum Gasteiger partial charge on any atom is 0.276 e. The monoisotopic (exact) mass is 343 g/mol. The lowest BCUT2D eigenvalue weighted by molar-refractivity contribution is 0.0738. The molecule has 4 rings (SSSR count). The summed E-state index contributed by atoms with van der Waals surface area (Å²) in [6.45, 7) is 4.32. The smallest absolute Gasteiger partial charge is 0.276 e. The predicted molar refractivity (Wildman–Crippen MR) is 90.6 cm³/mol. The number of benzene rings is 1. The lowest BCUT2D eigenvalue weighted by Crippen LogP contribution is -2.35. The van der Waals surface area contributed by atoms with Gasteiger partial charge in [-0.2, -0.15) is 0 Å². The number of amides is 1. The number of rotatable bonds is 3. The molecule has 7 nitrogen and oxygen atoms in total. The number of nitrogens with two attached hydrogens (primary N) is 1. The van der Waals surface area contributed by atoms with Crippen LogP contribution in [0.15, 0.2) is 29.0 Å². The third-order valence-corrected chi connectivity index (χ3v) is 4.83. The fraction of sp³-hybridized carbons (Fsp3) is 0.444. The zero-order chi connectivity index (χ0) is 17.4. The highest BCUT2D eigenvalue weighted by molar-refractivity contribution is 5.98. The Hall–Kier alpha value is -2.54. The number of nitrogens with zero attached hydrogens (tertiary/aromatic N) is 2. The van der Waals surface area contributed by atoms with Gasteiger partial charge in [0, 0.05) is 18.2 Å². The molecule has 1 amide bonds. The van der Waals surface area contributed by atoms with Crippen LogP contribution in [0.5, 0.6) is 11.5 Å². The Morgan fingerprint density at radius 1 is 1.32 bits per heavy atom. The van der Waals surface area contributed by atoms with Gasteiger partial charge in [0.25, 0.3) is 5.91 Å². The van der Waals surface area contributed by atoms with Gasteiger partial charge in [-0.05, 0) is 44.0 Å². The van der Waals surface area contributed by atoms with Gasteiger partial charge in [-0.1, -0.05) is 0 Å². The topological polar surface area (TPSA) is 90.8 Å². The summed E-state index contributed by atoms with van der Waals surface area (Å²) in [7, 11) is 0. The third-order valence-electron chi connectivity index (χ3n) is 4.83. The van der Waals surface area contributed by atoms with Gasteiger partial charge < -0.3 is 24.5 Å². The second-order valence-electron chi connectivity index (χ2n) is 6.53. The maximum absolute atomic E-state index is 13.0. The van der Waals surface area contributed by atoms with Crippen molar-refractivity contribution in [2.24, 2.45) is 11.7 Å². The average Bonchev–Trinajstić information content (AvgIpc) is 3.27. The Bertz CT molecular complexity index is 788. The van der Waals surface area contributed by atoms with Gasteiger partial charge >= 0.3 is 0 Å². The molecule has 1 aromatic carbocycles. The summed E-state index contributed by atoms with van der Waals surface area (Å²) < 4.78 is 16.7. The molecule has 0 bridgehead atoms. The molecular weight excluding hydrogens is 322 g/mol. The quantitative estimate of drug-likeness (QED) is 0.916. The van der Waals surface area contributed by atoms with E-state index >= 15 is 0 Å². The number of oxazole rings is 1. The fourth-order valence-electron chi connectivity index (χ4n) is 3.52. The van der Waals surface area contributed by atoms with Crippen molar-refractivity contribution in [2.75, 3.05) is 26.3 Å². The van der Waals surface area contributed by atoms with E-state index in [1.165, 1.54) is 6.39 Å². The molecule has 2 aliphatic heterocycles. The number of hydrogen-bond donors (Lipinski definition) is 1. The molecule has 0 aliphatic carbocycles. The number of ether oxygens (including phenoxy) is 2. The first kappa shape index (κ1) is 16.0. The van der Waals surface area contributed by atoms with Crippen LogP contribution in [0.25, 0.3) is 11.3 Å². The Balaban J connectivity index is 1.64. The number of carbonyl (C=O) groups excluding carboxylic acids is 1. The van der Waals surface area contributed by atoms with Crippen LogP contribution in [0.4, 0.5) is 0 Å². The first-order valence-electron chi connectivity index (χ1n) is 8.52. The first-order valence-corrected chi connectivity index (χ1v) is 8.52. The zero-order valence-electron chi connectivity index (χ0n) is 14.1. The number of aromatic nitrogens is 1. The van der Waals surface area contributed by atoms with Crippen LogP contribution < -0.4 is 15.2 Å². The predicted octanol–water partition coefficient (Wildman–Crippen LogP) is 1.92. The van der Waals surface area contributed by atoms with Gasteiger partial charge in [0.05, 0.1) is 0 Å².